The maximum atomic E-state index is 12.0. The SMILES string of the molecule is CCCC1CCC2(CCCN2CCOC(=O)Nc2cccc(Cl)c2)CC1. The zero-order valence-electron chi connectivity index (χ0n) is 15.8. The van der Waals surface area contributed by atoms with Gasteiger partial charge in [-0.15, -0.1) is 0 Å². The molecular formula is C21H31ClN2O2. The van der Waals surface area contributed by atoms with Crippen LogP contribution < -0.4 is 5.32 Å². The van der Waals surface area contributed by atoms with E-state index in [0.29, 0.717) is 22.9 Å². The minimum Gasteiger partial charge on any atom is -0.448 e. The molecule has 26 heavy (non-hydrogen) atoms. The molecule has 2 fully saturated rings. The minimum absolute atomic E-state index is 0.372. The number of benzene rings is 1. The van der Waals surface area contributed by atoms with E-state index in [1.165, 1.54) is 51.4 Å². The van der Waals surface area contributed by atoms with E-state index in [0.717, 1.165) is 19.0 Å². The van der Waals surface area contributed by atoms with Crippen molar-refractivity contribution in [2.75, 3.05) is 25.0 Å². The average Bonchev–Trinajstić information content (AvgIpc) is 3.00. The predicted octanol–water partition coefficient (Wildman–Crippen LogP) is 5.71. The minimum atomic E-state index is -0.410. The lowest BCUT2D eigenvalue weighted by molar-refractivity contribution is 0.0531. The van der Waals surface area contributed by atoms with Crippen LogP contribution in [0, 0.1) is 5.92 Å². The molecule has 144 valence electrons. The molecule has 0 atom stereocenters. The second-order valence-corrected chi connectivity index (χ2v) is 8.25. The lowest BCUT2D eigenvalue weighted by Gasteiger charge is -2.44. The standard InChI is InChI=1S/C21H31ClN2O2/c1-2-5-17-8-11-21(12-9-17)10-4-13-24(21)14-15-26-20(25)23-19-7-3-6-18(22)16-19/h3,6-7,16-17H,2,4-5,8-15H2,1H3,(H,23,25). The van der Waals surface area contributed by atoms with E-state index in [1.807, 2.05) is 0 Å². The van der Waals surface area contributed by atoms with Crippen molar-refractivity contribution < 1.29 is 9.53 Å². The molecule has 0 bridgehead atoms. The number of ether oxygens (including phenoxy) is 1. The number of nitrogens with zero attached hydrogens (tertiary/aromatic N) is 1. The summed E-state index contributed by atoms with van der Waals surface area (Å²) in [5.74, 6) is 0.924. The summed E-state index contributed by atoms with van der Waals surface area (Å²) in [6.45, 7) is 4.70. The molecule has 1 saturated carbocycles. The molecule has 1 heterocycles. The fourth-order valence-corrected chi connectivity index (χ4v) is 4.98. The van der Waals surface area contributed by atoms with Gasteiger partial charge in [0.25, 0.3) is 0 Å². The van der Waals surface area contributed by atoms with Crippen LogP contribution in [0.1, 0.15) is 58.3 Å². The van der Waals surface area contributed by atoms with Crippen molar-refractivity contribution in [3.8, 4) is 0 Å². The lowest BCUT2D eigenvalue weighted by Crippen LogP contribution is -2.47. The zero-order chi connectivity index (χ0) is 18.4. The molecule has 0 aromatic heterocycles. The first kappa shape index (κ1) is 19.5. The molecule has 1 saturated heterocycles. The molecule has 1 N–H and O–H groups in total. The molecule has 1 spiro atoms. The van der Waals surface area contributed by atoms with E-state index < -0.39 is 6.09 Å². The highest BCUT2D eigenvalue weighted by Crippen LogP contribution is 2.44. The molecule has 2 aliphatic rings. The third-order valence-electron chi connectivity index (χ3n) is 6.14. The first-order valence-corrected chi connectivity index (χ1v) is 10.4. The number of amides is 1. The van der Waals surface area contributed by atoms with Crippen molar-refractivity contribution in [2.45, 2.75) is 63.8 Å². The summed E-state index contributed by atoms with van der Waals surface area (Å²) in [5.41, 5.74) is 1.03. The molecule has 1 aliphatic heterocycles. The van der Waals surface area contributed by atoms with E-state index in [1.54, 1.807) is 24.3 Å². The van der Waals surface area contributed by atoms with Crippen LogP contribution in [-0.2, 0) is 4.74 Å². The Hall–Kier alpha value is -1.26. The van der Waals surface area contributed by atoms with Crippen LogP contribution in [-0.4, -0.2) is 36.2 Å². The Kier molecular flexibility index (Phi) is 6.82. The Balaban J connectivity index is 1.43. The summed E-state index contributed by atoms with van der Waals surface area (Å²) in [6, 6.07) is 7.10. The maximum absolute atomic E-state index is 12.0. The zero-order valence-corrected chi connectivity index (χ0v) is 16.6. The van der Waals surface area contributed by atoms with Gasteiger partial charge in [-0.05, 0) is 69.2 Å². The van der Waals surface area contributed by atoms with E-state index in [-0.39, 0.29) is 0 Å². The lowest BCUT2D eigenvalue weighted by atomic mass is 9.74. The van der Waals surface area contributed by atoms with Crippen LogP contribution in [0.2, 0.25) is 5.02 Å². The third kappa shape index (κ3) is 4.92. The van der Waals surface area contributed by atoms with Crippen molar-refractivity contribution >= 4 is 23.4 Å². The summed E-state index contributed by atoms with van der Waals surface area (Å²) in [7, 11) is 0. The van der Waals surface area contributed by atoms with Crippen molar-refractivity contribution in [3.05, 3.63) is 29.3 Å². The normalized spacial score (nSPS) is 26.2. The average molecular weight is 379 g/mol. The highest BCUT2D eigenvalue weighted by molar-refractivity contribution is 6.30. The summed E-state index contributed by atoms with van der Waals surface area (Å²) >= 11 is 5.93. The topological polar surface area (TPSA) is 41.6 Å². The van der Waals surface area contributed by atoms with Crippen LogP contribution >= 0.6 is 11.6 Å². The molecule has 1 aliphatic carbocycles. The third-order valence-corrected chi connectivity index (χ3v) is 6.37. The van der Waals surface area contributed by atoms with Crippen LogP contribution in [0.5, 0.6) is 0 Å². The summed E-state index contributed by atoms with van der Waals surface area (Å²) in [4.78, 5) is 14.6. The van der Waals surface area contributed by atoms with Crippen molar-refractivity contribution in [1.29, 1.82) is 0 Å². The number of anilines is 1. The second-order valence-electron chi connectivity index (χ2n) is 7.82. The smallest absolute Gasteiger partial charge is 0.411 e. The van der Waals surface area contributed by atoms with Crippen LogP contribution in [0.25, 0.3) is 0 Å². The quantitative estimate of drug-likeness (QED) is 0.688. The Morgan fingerprint density at radius 3 is 2.88 bits per heavy atom. The van der Waals surface area contributed by atoms with Gasteiger partial charge in [0.05, 0.1) is 0 Å². The first-order valence-electron chi connectivity index (χ1n) is 10.1. The van der Waals surface area contributed by atoms with Gasteiger partial charge in [0.1, 0.15) is 6.61 Å². The number of rotatable bonds is 6. The van der Waals surface area contributed by atoms with Gasteiger partial charge in [-0.2, -0.15) is 0 Å². The van der Waals surface area contributed by atoms with Gasteiger partial charge >= 0.3 is 6.09 Å². The number of hydrogen-bond donors (Lipinski definition) is 1. The summed E-state index contributed by atoms with van der Waals surface area (Å²) in [5, 5.41) is 3.33. The molecule has 5 heteroatoms. The number of carbonyl (C=O) groups is 1. The monoisotopic (exact) mass is 378 g/mol. The fraction of sp³-hybridized carbons (Fsp3) is 0.667. The first-order chi connectivity index (χ1) is 12.6. The van der Waals surface area contributed by atoms with E-state index >= 15 is 0 Å². The van der Waals surface area contributed by atoms with Crippen molar-refractivity contribution in [3.63, 3.8) is 0 Å². The van der Waals surface area contributed by atoms with Crippen molar-refractivity contribution in [1.82, 2.24) is 4.90 Å². The van der Waals surface area contributed by atoms with Gasteiger partial charge in [0.15, 0.2) is 0 Å². The number of carbonyl (C=O) groups excluding carboxylic acids is 1. The Morgan fingerprint density at radius 2 is 2.15 bits per heavy atom. The Bertz CT molecular complexity index is 599. The number of likely N-dealkylation sites (tertiary alicyclic amines) is 1. The molecule has 0 unspecified atom stereocenters. The molecule has 1 aromatic carbocycles. The highest BCUT2D eigenvalue weighted by Gasteiger charge is 2.42. The molecule has 3 rings (SSSR count). The molecule has 1 aromatic rings. The number of nitrogens with one attached hydrogen (secondary N) is 1. The van der Waals surface area contributed by atoms with Gasteiger partial charge in [-0.25, -0.2) is 4.79 Å². The van der Waals surface area contributed by atoms with Gasteiger partial charge in [0, 0.05) is 22.8 Å². The summed E-state index contributed by atoms with van der Waals surface area (Å²) in [6.07, 6.45) is 10.2. The highest BCUT2D eigenvalue weighted by atomic mass is 35.5. The second kappa shape index (κ2) is 9.09. The molecule has 0 radical (unpaired) electrons. The van der Waals surface area contributed by atoms with Crippen LogP contribution in [0.4, 0.5) is 10.5 Å². The Morgan fingerprint density at radius 1 is 1.35 bits per heavy atom. The molecule has 1 amide bonds. The van der Waals surface area contributed by atoms with Gasteiger partial charge in [0.2, 0.25) is 0 Å². The van der Waals surface area contributed by atoms with Gasteiger partial charge in [-0.1, -0.05) is 37.4 Å². The maximum Gasteiger partial charge on any atom is 0.411 e. The van der Waals surface area contributed by atoms with Gasteiger partial charge in [-0.3, -0.25) is 10.2 Å². The van der Waals surface area contributed by atoms with Crippen LogP contribution in [0.3, 0.4) is 0 Å². The van der Waals surface area contributed by atoms with Crippen molar-refractivity contribution in [2.24, 2.45) is 5.92 Å². The number of hydrogen-bond acceptors (Lipinski definition) is 3. The van der Waals surface area contributed by atoms with E-state index in [4.69, 9.17) is 16.3 Å². The molecule has 4 nitrogen and oxygen atoms in total. The van der Waals surface area contributed by atoms with Crippen LogP contribution in [0.15, 0.2) is 24.3 Å². The fourth-order valence-electron chi connectivity index (χ4n) is 4.79. The van der Waals surface area contributed by atoms with E-state index in [9.17, 15) is 4.79 Å². The largest absolute Gasteiger partial charge is 0.448 e. The summed E-state index contributed by atoms with van der Waals surface area (Å²) < 4.78 is 5.41. The predicted molar refractivity (Wildman–Crippen MR) is 107 cm³/mol. The number of halogens is 1. The van der Waals surface area contributed by atoms with E-state index in [2.05, 4.69) is 17.1 Å². The van der Waals surface area contributed by atoms with Gasteiger partial charge < -0.3 is 4.74 Å². The Labute approximate surface area is 162 Å². The molecular weight excluding hydrogens is 348 g/mol.